The lowest BCUT2D eigenvalue weighted by atomic mass is 9.99. The van der Waals surface area contributed by atoms with Crippen LogP contribution >= 0.6 is 0 Å². The number of rotatable bonds is 4. The Hall–Kier alpha value is -3.01. The van der Waals surface area contributed by atoms with Crippen LogP contribution in [0.5, 0.6) is 0 Å². The van der Waals surface area contributed by atoms with Gasteiger partial charge in [0.2, 0.25) is 0 Å². The molecule has 22 heavy (non-hydrogen) atoms. The van der Waals surface area contributed by atoms with E-state index in [0.29, 0.717) is 5.56 Å². The summed E-state index contributed by atoms with van der Waals surface area (Å²) in [4.78, 5) is 20.5. The molecule has 0 spiro atoms. The van der Waals surface area contributed by atoms with Gasteiger partial charge in [0.25, 0.3) is 5.91 Å². The van der Waals surface area contributed by atoms with Crippen LogP contribution in [0.1, 0.15) is 27.5 Å². The van der Waals surface area contributed by atoms with Crippen LogP contribution in [-0.2, 0) is 0 Å². The van der Waals surface area contributed by atoms with Crippen LogP contribution in [0.4, 0.5) is 0 Å². The van der Waals surface area contributed by atoms with Crippen molar-refractivity contribution in [2.75, 3.05) is 0 Å². The minimum atomic E-state index is -0.225. The number of amides is 1. The largest absolute Gasteiger partial charge is 0.341 e. The molecule has 0 aliphatic rings. The average Bonchev–Trinajstić information content (AvgIpc) is 2.62. The molecular weight excluding hydrogens is 274 g/mol. The van der Waals surface area contributed by atoms with E-state index in [4.69, 9.17) is 0 Å². The second kappa shape index (κ2) is 6.63. The lowest BCUT2D eigenvalue weighted by Crippen LogP contribution is -2.29. The van der Waals surface area contributed by atoms with E-state index in [9.17, 15) is 4.79 Å². The van der Waals surface area contributed by atoms with Crippen molar-refractivity contribution in [2.24, 2.45) is 0 Å². The minimum Gasteiger partial charge on any atom is -0.341 e. The van der Waals surface area contributed by atoms with Crippen molar-refractivity contribution >= 4 is 5.91 Å². The lowest BCUT2D eigenvalue weighted by molar-refractivity contribution is 0.0942. The van der Waals surface area contributed by atoms with Crippen LogP contribution in [0.15, 0.2) is 79.4 Å². The van der Waals surface area contributed by atoms with Crippen molar-refractivity contribution in [3.05, 3.63) is 96.1 Å². The van der Waals surface area contributed by atoms with Crippen LogP contribution < -0.4 is 5.32 Å². The summed E-state index contributed by atoms with van der Waals surface area (Å²) in [6, 6.07) is 16.9. The highest BCUT2D eigenvalue weighted by Gasteiger charge is 2.17. The maximum Gasteiger partial charge on any atom is 0.253 e. The van der Waals surface area contributed by atoms with Gasteiger partial charge >= 0.3 is 0 Å². The number of carbonyl (C=O) groups is 1. The van der Waals surface area contributed by atoms with E-state index in [1.807, 2.05) is 42.5 Å². The molecule has 1 atom stereocenters. The van der Waals surface area contributed by atoms with Gasteiger partial charge < -0.3 is 5.32 Å². The van der Waals surface area contributed by atoms with Crippen LogP contribution in [0.2, 0.25) is 0 Å². The molecule has 3 aromatic rings. The Bertz CT molecular complexity index is 691. The number of hydrogen-bond donors (Lipinski definition) is 1. The van der Waals surface area contributed by atoms with Gasteiger partial charge in [0.1, 0.15) is 0 Å². The smallest absolute Gasteiger partial charge is 0.253 e. The molecule has 0 fully saturated rings. The second-order valence-electron chi connectivity index (χ2n) is 4.84. The van der Waals surface area contributed by atoms with E-state index in [2.05, 4.69) is 15.3 Å². The molecule has 0 radical (unpaired) electrons. The summed E-state index contributed by atoms with van der Waals surface area (Å²) in [5.41, 5.74) is 2.54. The number of nitrogens with zero attached hydrogens (tertiary/aromatic N) is 2. The van der Waals surface area contributed by atoms with Crippen LogP contribution in [-0.4, -0.2) is 15.9 Å². The summed E-state index contributed by atoms with van der Waals surface area (Å²) in [5, 5.41) is 3.06. The molecule has 108 valence electrons. The Morgan fingerprint density at radius 3 is 2.23 bits per heavy atom. The lowest BCUT2D eigenvalue weighted by Gasteiger charge is -2.19. The third-order valence-corrected chi connectivity index (χ3v) is 3.37. The molecule has 4 heteroatoms. The molecule has 0 aliphatic carbocycles. The molecule has 1 amide bonds. The molecule has 1 unspecified atom stereocenters. The summed E-state index contributed by atoms with van der Waals surface area (Å²) >= 11 is 0. The van der Waals surface area contributed by atoms with Gasteiger partial charge in [0, 0.05) is 24.8 Å². The van der Waals surface area contributed by atoms with E-state index < -0.39 is 0 Å². The number of benzene rings is 1. The third kappa shape index (κ3) is 3.17. The van der Waals surface area contributed by atoms with E-state index >= 15 is 0 Å². The van der Waals surface area contributed by atoms with Crippen LogP contribution in [0.25, 0.3) is 0 Å². The summed E-state index contributed by atoms with van der Waals surface area (Å²) < 4.78 is 0. The third-order valence-electron chi connectivity index (χ3n) is 3.37. The maximum atomic E-state index is 12.4. The number of aromatic nitrogens is 2. The fraction of sp³-hybridized carbons (Fsp3) is 0.0556. The normalized spacial score (nSPS) is 11.6. The van der Waals surface area contributed by atoms with E-state index in [1.165, 1.54) is 0 Å². The number of nitrogens with one attached hydrogen (secondary N) is 1. The molecule has 4 nitrogen and oxygen atoms in total. The molecule has 1 aromatic carbocycles. The van der Waals surface area contributed by atoms with E-state index in [0.717, 1.165) is 11.1 Å². The summed E-state index contributed by atoms with van der Waals surface area (Å²) in [7, 11) is 0. The Kier molecular flexibility index (Phi) is 4.20. The van der Waals surface area contributed by atoms with E-state index in [1.54, 1.807) is 36.9 Å². The zero-order chi connectivity index (χ0) is 15.2. The predicted octanol–water partition coefficient (Wildman–Crippen LogP) is 3.00. The molecule has 2 heterocycles. The van der Waals surface area contributed by atoms with Crippen molar-refractivity contribution in [2.45, 2.75) is 6.04 Å². The first-order chi connectivity index (χ1) is 10.8. The first kappa shape index (κ1) is 13.9. The topological polar surface area (TPSA) is 54.9 Å². The summed E-state index contributed by atoms with van der Waals surface area (Å²) in [6.07, 6.45) is 6.65. The summed E-state index contributed by atoms with van der Waals surface area (Å²) in [5.74, 6) is -0.154. The van der Waals surface area contributed by atoms with Gasteiger partial charge in [0.15, 0.2) is 0 Å². The number of carbonyl (C=O) groups excluding carboxylic acids is 1. The fourth-order valence-electron chi connectivity index (χ4n) is 2.27. The molecule has 2 aromatic heterocycles. The highest BCUT2D eigenvalue weighted by atomic mass is 16.1. The van der Waals surface area contributed by atoms with Gasteiger partial charge in [-0.15, -0.1) is 0 Å². The van der Waals surface area contributed by atoms with Crippen molar-refractivity contribution < 1.29 is 4.79 Å². The Balaban J connectivity index is 1.91. The summed E-state index contributed by atoms with van der Waals surface area (Å²) in [6.45, 7) is 0. The van der Waals surface area contributed by atoms with Gasteiger partial charge in [-0.3, -0.25) is 14.8 Å². The first-order valence-electron chi connectivity index (χ1n) is 7.00. The highest BCUT2D eigenvalue weighted by molar-refractivity contribution is 5.94. The molecule has 0 bridgehead atoms. The molecule has 0 aliphatic heterocycles. The zero-order valence-corrected chi connectivity index (χ0v) is 11.9. The van der Waals surface area contributed by atoms with Crippen molar-refractivity contribution in [1.29, 1.82) is 0 Å². The standard InChI is InChI=1S/C18H15N3O/c22-18(16-7-4-10-20-13-16)21-17(14-5-2-1-3-6-14)15-8-11-19-12-9-15/h1-13,17H,(H,21,22). The van der Waals surface area contributed by atoms with Crippen molar-refractivity contribution in [3.8, 4) is 0 Å². The molecular formula is C18H15N3O. The SMILES string of the molecule is O=C(NC(c1ccccc1)c1ccncc1)c1cccnc1. The van der Waals surface area contributed by atoms with Crippen molar-refractivity contribution in [3.63, 3.8) is 0 Å². The van der Waals surface area contributed by atoms with E-state index in [-0.39, 0.29) is 11.9 Å². The monoisotopic (exact) mass is 289 g/mol. The van der Waals surface area contributed by atoms with Gasteiger partial charge in [0.05, 0.1) is 11.6 Å². The predicted molar refractivity (Wildman–Crippen MR) is 84.2 cm³/mol. The zero-order valence-electron chi connectivity index (χ0n) is 11.9. The Morgan fingerprint density at radius 2 is 1.55 bits per heavy atom. The molecule has 1 N–H and O–H groups in total. The number of hydrogen-bond acceptors (Lipinski definition) is 3. The first-order valence-corrected chi connectivity index (χ1v) is 7.00. The number of pyridine rings is 2. The van der Waals surface area contributed by atoms with Crippen LogP contribution in [0.3, 0.4) is 0 Å². The van der Waals surface area contributed by atoms with Crippen LogP contribution in [0, 0.1) is 0 Å². The van der Waals surface area contributed by atoms with Gasteiger partial charge in [-0.1, -0.05) is 30.3 Å². The molecule has 0 saturated heterocycles. The van der Waals surface area contributed by atoms with Gasteiger partial charge in [-0.25, -0.2) is 0 Å². The van der Waals surface area contributed by atoms with Gasteiger partial charge in [-0.05, 0) is 35.4 Å². The quantitative estimate of drug-likeness (QED) is 0.803. The fourth-order valence-corrected chi connectivity index (χ4v) is 2.27. The van der Waals surface area contributed by atoms with Gasteiger partial charge in [-0.2, -0.15) is 0 Å². The maximum absolute atomic E-state index is 12.4. The highest BCUT2D eigenvalue weighted by Crippen LogP contribution is 2.21. The van der Waals surface area contributed by atoms with Crippen molar-refractivity contribution in [1.82, 2.24) is 15.3 Å². The second-order valence-corrected chi connectivity index (χ2v) is 4.84. The Labute approximate surface area is 128 Å². The molecule has 0 saturated carbocycles. The average molecular weight is 289 g/mol. The minimum absolute atomic E-state index is 0.154. The Morgan fingerprint density at radius 1 is 0.818 bits per heavy atom. The molecule has 3 rings (SSSR count).